The SMILES string of the molecule is C#Cc1cccc(-c2ccc(-c3ccc(N(c4ccccc4)c4ccc(-c5ccc(N(c6ccccc6)c6cccc(C#C)c6C#C)cc5)cc4)c(C#C)c3C#C)cc2-c2cccc(C#C)c2C#C)c1C#C.C#Cc1cccc(-c2ccc(-c3cccc(N(c4ccc(-c5ccc(N(c6ccccc6)c6cccc(C#C)c6C#C)cc5)cc4)c4cccc(C#C)c4C#C)c3)cc2-c2cccc(C#C)c2C#C)c1C#C. The van der Waals surface area contributed by atoms with Crippen molar-refractivity contribution in [1.82, 2.24) is 0 Å². The molecule has 0 unspecified atom stereocenters. The standard InChI is InChI=1S/2C70H40N2/c1-9-49-26-23-33-65(59(49)12-4)67-45-40-54(48-68(67)66-34-24-27-50(10-2)60(66)13-5)64-46-47-70(63(16-8)62(64)15-7)72(56-31-21-18-22-32-56)58-43-38-53(39-44-58)52-36-41-57(42-37-52)71(55-29-19-17-20-30-55)69-35-25-28-51(11-3)61(69)14-6;1-9-49-25-21-33-65(61(49)13-5)67-46-41-56(48-68(67)66-34-22-26-50(10-2)62(66)14-6)55-29-20-32-60(47-55)72(70-36-24-28-52(12-4)64(70)16-8)59-44-39-54(40-45-59)53-37-42-58(43-38-53)71(57-30-18-17-19-31-57)69-35-23-27-51(11-3)63(69)15-7/h2*1-8,17-48H. The van der Waals surface area contributed by atoms with Crippen molar-refractivity contribution in [3.8, 4) is 287 Å². The van der Waals surface area contributed by atoms with Crippen LogP contribution in [-0.4, -0.2) is 0 Å². The monoisotopic (exact) mass is 1820 g/mol. The summed E-state index contributed by atoms with van der Waals surface area (Å²) in [6.07, 6.45) is 97.5. The van der Waals surface area contributed by atoms with Gasteiger partial charge in [0.15, 0.2) is 0 Å². The number of benzene rings is 18. The minimum atomic E-state index is 0.544. The lowest BCUT2D eigenvalue weighted by Crippen LogP contribution is -2.12. The van der Waals surface area contributed by atoms with Crippen LogP contribution in [0, 0.1) is 198 Å². The normalized spacial score (nSPS) is 10.1. The van der Waals surface area contributed by atoms with E-state index in [4.69, 9.17) is 103 Å². The molecule has 18 rings (SSSR count). The maximum atomic E-state index is 6.49. The minimum absolute atomic E-state index is 0.544. The largest absolute Gasteiger partial charge is 0.309 e. The first kappa shape index (κ1) is 93.9. The van der Waals surface area contributed by atoms with Crippen LogP contribution in [0.2, 0.25) is 0 Å². The predicted molar refractivity (Wildman–Crippen MR) is 602 cm³/mol. The van der Waals surface area contributed by atoms with E-state index in [2.05, 4.69) is 254 Å². The Labute approximate surface area is 845 Å². The van der Waals surface area contributed by atoms with E-state index < -0.39 is 0 Å². The first-order chi connectivity index (χ1) is 70.8. The van der Waals surface area contributed by atoms with Crippen LogP contribution in [0.15, 0.2) is 388 Å². The molecule has 0 N–H and O–H groups in total. The Hall–Kier alpha value is -21.9. The summed E-state index contributed by atoms with van der Waals surface area (Å²) >= 11 is 0. The summed E-state index contributed by atoms with van der Waals surface area (Å²) in [5.74, 6) is 45.1. The Kier molecular flexibility index (Phi) is 27.9. The highest BCUT2D eigenvalue weighted by Gasteiger charge is 2.28. The third-order valence-electron chi connectivity index (χ3n) is 25.1. The van der Waals surface area contributed by atoms with Crippen molar-refractivity contribution in [2.45, 2.75) is 0 Å². The lowest BCUT2D eigenvalue weighted by atomic mass is 9.84. The van der Waals surface area contributed by atoms with Gasteiger partial charge in [0.2, 0.25) is 0 Å². The second-order valence-electron chi connectivity index (χ2n) is 32.8. The number of para-hydroxylation sites is 3. The van der Waals surface area contributed by atoms with Gasteiger partial charge in [0.1, 0.15) is 0 Å². The molecular formula is C140H80N4. The van der Waals surface area contributed by atoms with E-state index in [-0.39, 0.29) is 0 Å². The van der Waals surface area contributed by atoms with Crippen molar-refractivity contribution in [2.75, 3.05) is 19.6 Å². The Morgan fingerprint density at radius 2 is 0.340 bits per heavy atom. The summed E-state index contributed by atoms with van der Waals surface area (Å²) in [7, 11) is 0. The molecule has 18 aromatic rings. The molecule has 0 saturated heterocycles. The molecule has 0 aliphatic heterocycles. The molecular weight excluding hydrogens is 1740 g/mol. The van der Waals surface area contributed by atoms with Crippen molar-refractivity contribution in [1.29, 1.82) is 0 Å². The molecule has 4 heteroatoms. The van der Waals surface area contributed by atoms with Crippen LogP contribution in [-0.2, 0) is 0 Å². The van der Waals surface area contributed by atoms with Crippen molar-refractivity contribution in [3.63, 3.8) is 0 Å². The summed E-state index contributed by atoms with van der Waals surface area (Å²) in [6, 6.07) is 128. The summed E-state index contributed by atoms with van der Waals surface area (Å²) < 4.78 is 0. The summed E-state index contributed by atoms with van der Waals surface area (Å²) in [5, 5.41) is 0. The van der Waals surface area contributed by atoms with E-state index in [1.807, 2.05) is 249 Å². The van der Waals surface area contributed by atoms with Gasteiger partial charge in [0.25, 0.3) is 0 Å². The van der Waals surface area contributed by atoms with E-state index in [9.17, 15) is 0 Å². The zero-order valence-electron chi connectivity index (χ0n) is 78.0. The van der Waals surface area contributed by atoms with Gasteiger partial charge in [0, 0.05) is 112 Å². The molecule has 18 aromatic carbocycles. The van der Waals surface area contributed by atoms with Crippen molar-refractivity contribution in [3.05, 3.63) is 477 Å². The molecule has 0 aromatic heterocycles. The average Bonchev–Trinajstić information content (AvgIpc) is 0.731. The summed E-state index contributed by atoms with van der Waals surface area (Å²) in [5.41, 5.74) is 33.9. The highest BCUT2D eigenvalue weighted by molar-refractivity contribution is 5.98. The maximum Gasteiger partial charge on any atom is 0.0646 e. The lowest BCUT2D eigenvalue weighted by molar-refractivity contribution is 1.27. The Balaban J connectivity index is 0.000000198. The van der Waals surface area contributed by atoms with Crippen LogP contribution >= 0.6 is 0 Å². The number of rotatable bonds is 20. The average molecular weight is 1820 g/mol. The van der Waals surface area contributed by atoms with Gasteiger partial charge in [-0.1, -0.05) is 307 Å². The molecule has 4 nitrogen and oxygen atoms in total. The first-order valence-electron chi connectivity index (χ1n) is 45.5. The van der Waals surface area contributed by atoms with Gasteiger partial charge in [0.05, 0.1) is 45.0 Å². The topological polar surface area (TPSA) is 13.0 Å². The number of terminal acetylenes is 16. The number of anilines is 12. The van der Waals surface area contributed by atoms with Gasteiger partial charge in [-0.3, -0.25) is 0 Å². The van der Waals surface area contributed by atoms with E-state index >= 15 is 0 Å². The van der Waals surface area contributed by atoms with Gasteiger partial charge >= 0.3 is 0 Å². The third kappa shape index (κ3) is 18.3. The van der Waals surface area contributed by atoms with E-state index in [1.165, 1.54) is 0 Å². The molecule has 0 fully saturated rings. The Bertz CT molecular complexity index is 8910. The number of hydrogen-bond donors (Lipinski definition) is 0. The summed E-state index contributed by atoms with van der Waals surface area (Å²) in [4.78, 5) is 8.50. The molecule has 144 heavy (non-hydrogen) atoms. The van der Waals surface area contributed by atoms with Crippen molar-refractivity contribution in [2.24, 2.45) is 0 Å². The molecule has 0 radical (unpaired) electrons. The number of hydrogen-bond acceptors (Lipinski definition) is 4. The van der Waals surface area contributed by atoms with Crippen LogP contribution in [0.25, 0.3) is 89.0 Å². The Morgan fingerprint density at radius 1 is 0.118 bits per heavy atom. The number of nitrogens with zero attached hydrogens (tertiary/aromatic N) is 4. The van der Waals surface area contributed by atoms with Gasteiger partial charge in [-0.25, -0.2) is 0 Å². The smallest absolute Gasteiger partial charge is 0.0646 e. The quantitative estimate of drug-likeness (QED) is 0.0705. The van der Waals surface area contributed by atoms with Gasteiger partial charge in [-0.05, 0) is 265 Å². The Morgan fingerprint density at radius 3 is 0.639 bits per heavy atom. The first-order valence-corrected chi connectivity index (χ1v) is 45.5. The molecule has 0 heterocycles. The van der Waals surface area contributed by atoms with E-state index in [0.717, 1.165) is 157 Å². The highest BCUT2D eigenvalue weighted by Crippen LogP contribution is 2.49. The molecule has 0 atom stereocenters. The fraction of sp³-hybridized carbons (Fsp3) is 0. The molecule has 0 spiro atoms. The minimum Gasteiger partial charge on any atom is -0.309 e. The zero-order valence-corrected chi connectivity index (χ0v) is 78.0. The van der Waals surface area contributed by atoms with Crippen molar-refractivity contribution >= 4 is 68.2 Å². The predicted octanol–water partition coefficient (Wildman–Crippen LogP) is 30.3. The summed E-state index contributed by atoms with van der Waals surface area (Å²) in [6.45, 7) is 0. The van der Waals surface area contributed by atoms with Crippen LogP contribution in [0.3, 0.4) is 0 Å². The van der Waals surface area contributed by atoms with E-state index in [1.54, 1.807) is 0 Å². The third-order valence-corrected chi connectivity index (χ3v) is 25.1. The second-order valence-corrected chi connectivity index (χ2v) is 32.8. The van der Waals surface area contributed by atoms with Crippen molar-refractivity contribution < 1.29 is 0 Å². The van der Waals surface area contributed by atoms with Gasteiger partial charge < -0.3 is 19.6 Å². The highest BCUT2D eigenvalue weighted by atomic mass is 15.2. The van der Waals surface area contributed by atoms with Crippen LogP contribution < -0.4 is 19.6 Å². The maximum absolute atomic E-state index is 6.49. The fourth-order valence-electron chi connectivity index (χ4n) is 18.3. The molecule has 0 bridgehead atoms. The van der Waals surface area contributed by atoms with E-state index in [0.29, 0.717) is 89.0 Å². The second kappa shape index (κ2) is 42.8. The van der Waals surface area contributed by atoms with Gasteiger partial charge in [-0.15, -0.1) is 103 Å². The molecule has 660 valence electrons. The van der Waals surface area contributed by atoms with Gasteiger partial charge in [-0.2, -0.15) is 0 Å². The van der Waals surface area contributed by atoms with Crippen LogP contribution in [0.1, 0.15) is 89.0 Å². The van der Waals surface area contributed by atoms with Crippen LogP contribution in [0.5, 0.6) is 0 Å². The lowest BCUT2D eigenvalue weighted by Gasteiger charge is -2.28. The zero-order chi connectivity index (χ0) is 100. The molecule has 0 amide bonds. The molecule has 0 aliphatic carbocycles. The molecule has 0 saturated carbocycles. The fourth-order valence-corrected chi connectivity index (χ4v) is 18.3. The van der Waals surface area contributed by atoms with Crippen LogP contribution in [0.4, 0.5) is 68.2 Å². The molecule has 0 aliphatic rings.